The summed E-state index contributed by atoms with van der Waals surface area (Å²) in [5.74, 6) is 0.185. The molecule has 1 aliphatic rings. The monoisotopic (exact) mass is 382 g/mol. The quantitative estimate of drug-likeness (QED) is 0.767. The van der Waals surface area contributed by atoms with Gasteiger partial charge in [0.25, 0.3) is 0 Å². The SMILES string of the molecule is COc1cc(N2CCN(S(=O)(=O)c3ccccc3F)CC2)nc(OC)n1. The normalized spacial score (nSPS) is 15.7. The molecule has 0 unspecified atom stereocenters. The lowest BCUT2D eigenvalue weighted by Gasteiger charge is -2.34. The first kappa shape index (κ1) is 18.3. The molecule has 3 rings (SSSR count). The van der Waals surface area contributed by atoms with E-state index in [0.29, 0.717) is 24.8 Å². The lowest BCUT2D eigenvalue weighted by molar-refractivity contribution is 0.349. The van der Waals surface area contributed by atoms with Gasteiger partial charge in [0.1, 0.15) is 16.5 Å². The molecular formula is C16H19FN4O4S. The van der Waals surface area contributed by atoms with E-state index in [-0.39, 0.29) is 24.0 Å². The zero-order chi connectivity index (χ0) is 18.7. The Bertz CT molecular complexity index is 863. The van der Waals surface area contributed by atoms with E-state index in [2.05, 4.69) is 9.97 Å². The van der Waals surface area contributed by atoms with Crippen LogP contribution in [0.2, 0.25) is 0 Å². The molecule has 1 fully saturated rings. The fourth-order valence-corrected chi connectivity index (χ4v) is 4.19. The lowest BCUT2D eigenvalue weighted by atomic mass is 10.3. The number of methoxy groups -OCH3 is 2. The van der Waals surface area contributed by atoms with Crippen LogP contribution >= 0.6 is 0 Å². The topological polar surface area (TPSA) is 84.9 Å². The van der Waals surface area contributed by atoms with Crippen LogP contribution < -0.4 is 14.4 Å². The number of ether oxygens (including phenoxy) is 2. The molecule has 8 nitrogen and oxygen atoms in total. The van der Waals surface area contributed by atoms with E-state index in [9.17, 15) is 12.8 Å². The van der Waals surface area contributed by atoms with Crippen molar-refractivity contribution in [2.24, 2.45) is 0 Å². The zero-order valence-electron chi connectivity index (χ0n) is 14.4. The van der Waals surface area contributed by atoms with Gasteiger partial charge in [-0.1, -0.05) is 12.1 Å². The van der Waals surface area contributed by atoms with E-state index < -0.39 is 15.8 Å². The van der Waals surface area contributed by atoms with Gasteiger partial charge < -0.3 is 14.4 Å². The van der Waals surface area contributed by atoms with Crippen LogP contribution in [0.15, 0.2) is 35.2 Å². The smallest absolute Gasteiger partial charge is 0.321 e. The second kappa shape index (κ2) is 7.42. The fourth-order valence-electron chi connectivity index (χ4n) is 2.70. The second-order valence-electron chi connectivity index (χ2n) is 5.58. The Morgan fingerprint density at radius 1 is 1.04 bits per heavy atom. The summed E-state index contributed by atoms with van der Waals surface area (Å²) in [5.41, 5.74) is 0. The van der Waals surface area contributed by atoms with Crippen LogP contribution in [0.25, 0.3) is 0 Å². The molecule has 26 heavy (non-hydrogen) atoms. The second-order valence-corrected chi connectivity index (χ2v) is 7.48. The summed E-state index contributed by atoms with van der Waals surface area (Å²) in [6.07, 6.45) is 0. The van der Waals surface area contributed by atoms with Gasteiger partial charge in [-0.05, 0) is 12.1 Å². The Labute approximate surface area is 151 Å². The molecular weight excluding hydrogens is 363 g/mol. The van der Waals surface area contributed by atoms with Gasteiger partial charge >= 0.3 is 6.01 Å². The van der Waals surface area contributed by atoms with Crippen LogP contribution in [0, 0.1) is 5.82 Å². The Morgan fingerprint density at radius 3 is 2.35 bits per heavy atom. The molecule has 140 valence electrons. The van der Waals surface area contributed by atoms with Gasteiger partial charge in [0.05, 0.1) is 14.2 Å². The molecule has 0 spiro atoms. The third-order valence-electron chi connectivity index (χ3n) is 4.08. The van der Waals surface area contributed by atoms with Crippen molar-refractivity contribution in [2.75, 3.05) is 45.3 Å². The molecule has 1 saturated heterocycles. The number of aromatic nitrogens is 2. The van der Waals surface area contributed by atoms with Crippen molar-refractivity contribution in [2.45, 2.75) is 4.90 Å². The highest BCUT2D eigenvalue weighted by Crippen LogP contribution is 2.24. The maximum Gasteiger partial charge on any atom is 0.321 e. The largest absolute Gasteiger partial charge is 0.481 e. The van der Waals surface area contributed by atoms with E-state index in [1.807, 2.05) is 4.90 Å². The molecule has 0 aliphatic carbocycles. The highest BCUT2D eigenvalue weighted by atomic mass is 32.2. The predicted octanol–water partition coefficient (Wildman–Crippen LogP) is 1.14. The molecule has 0 atom stereocenters. The maximum atomic E-state index is 13.9. The van der Waals surface area contributed by atoms with Crippen LogP contribution in [-0.2, 0) is 10.0 Å². The van der Waals surface area contributed by atoms with Crippen molar-refractivity contribution in [1.82, 2.24) is 14.3 Å². The average Bonchev–Trinajstić information content (AvgIpc) is 2.67. The summed E-state index contributed by atoms with van der Waals surface area (Å²) < 4.78 is 50.7. The molecule has 1 aromatic heterocycles. The molecule has 0 saturated carbocycles. The molecule has 1 aromatic carbocycles. The summed E-state index contributed by atoms with van der Waals surface area (Å²) in [5, 5.41) is 0. The summed E-state index contributed by atoms with van der Waals surface area (Å²) in [6, 6.07) is 7.21. The first-order valence-corrected chi connectivity index (χ1v) is 9.36. The summed E-state index contributed by atoms with van der Waals surface area (Å²) in [7, 11) is -0.928. The molecule has 10 heteroatoms. The number of hydrogen-bond donors (Lipinski definition) is 0. The molecule has 2 aromatic rings. The molecule has 0 bridgehead atoms. The Balaban J connectivity index is 1.76. The molecule has 0 amide bonds. The van der Waals surface area contributed by atoms with Crippen molar-refractivity contribution < 1.29 is 22.3 Å². The van der Waals surface area contributed by atoms with E-state index in [1.54, 1.807) is 6.07 Å². The van der Waals surface area contributed by atoms with Crippen LogP contribution in [0.5, 0.6) is 11.9 Å². The van der Waals surface area contributed by atoms with E-state index in [1.165, 1.54) is 36.7 Å². The van der Waals surface area contributed by atoms with Gasteiger partial charge in [0, 0.05) is 32.2 Å². The van der Waals surface area contributed by atoms with Gasteiger partial charge in [-0.15, -0.1) is 0 Å². The molecule has 2 heterocycles. The van der Waals surface area contributed by atoms with E-state index >= 15 is 0 Å². The molecule has 1 aliphatic heterocycles. The van der Waals surface area contributed by atoms with Gasteiger partial charge in [0.15, 0.2) is 0 Å². The van der Waals surface area contributed by atoms with Gasteiger partial charge in [0.2, 0.25) is 15.9 Å². The molecule has 0 radical (unpaired) electrons. The number of hydrogen-bond acceptors (Lipinski definition) is 7. The van der Waals surface area contributed by atoms with E-state index in [0.717, 1.165) is 6.07 Å². The minimum absolute atomic E-state index is 0.167. The average molecular weight is 382 g/mol. The number of sulfonamides is 1. The fraction of sp³-hybridized carbons (Fsp3) is 0.375. The first-order valence-electron chi connectivity index (χ1n) is 7.92. The number of halogens is 1. The van der Waals surface area contributed by atoms with Crippen molar-refractivity contribution >= 4 is 15.8 Å². The van der Waals surface area contributed by atoms with Gasteiger partial charge in [-0.25, -0.2) is 12.8 Å². The Kier molecular flexibility index (Phi) is 5.23. The minimum Gasteiger partial charge on any atom is -0.481 e. The zero-order valence-corrected chi connectivity index (χ0v) is 15.2. The maximum absolute atomic E-state index is 13.9. The number of benzene rings is 1. The number of rotatable bonds is 5. The van der Waals surface area contributed by atoms with Crippen LogP contribution in [0.1, 0.15) is 0 Å². The van der Waals surface area contributed by atoms with Crippen LogP contribution in [-0.4, -0.2) is 63.1 Å². The first-order chi connectivity index (χ1) is 12.5. The lowest BCUT2D eigenvalue weighted by Crippen LogP contribution is -2.49. The summed E-state index contributed by atoms with van der Waals surface area (Å²) >= 11 is 0. The van der Waals surface area contributed by atoms with Crippen molar-refractivity contribution in [3.05, 3.63) is 36.1 Å². The number of piperazine rings is 1. The third-order valence-corrected chi connectivity index (χ3v) is 6.01. The van der Waals surface area contributed by atoms with Crippen LogP contribution in [0.4, 0.5) is 10.2 Å². The Morgan fingerprint density at radius 2 is 1.73 bits per heavy atom. The van der Waals surface area contributed by atoms with Crippen molar-refractivity contribution in [3.63, 3.8) is 0 Å². The third kappa shape index (κ3) is 3.56. The number of nitrogens with zero attached hydrogens (tertiary/aromatic N) is 4. The van der Waals surface area contributed by atoms with Crippen molar-refractivity contribution in [3.8, 4) is 11.9 Å². The summed E-state index contributed by atoms with van der Waals surface area (Å²) in [4.78, 5) is 9.90. The van der Waals surface area contributed by atoms with Gasteiger partial charge in [-0.3, -0.25) is 0 Å². The van der Waals surface area contributed by atoms with Crippen molar-refractivity contribution in [1.29, 1.82) is 0 Å². The minimum atomic E-state index is -3.87. The van der Waals surface area contributed by atoms with E-state index in [4.69, 9.17) is 9.47 Å². The Hall–Kier alpha value is -2.46. The summed E-state index contributed by atoms with van der Waals surface area (Å²) in [6.45, 7) is 1.23. The standard InChI is InChI=1S/C16H19FN4O4S/c1-24-15-11-14(18-16(19-15)25-2)20-7-9-21(10-8-20)26(22,23)13-6-4-3-5-12(13)17/h3-6,11H,7-10H2,1-2H3. The predicted molar refractivity (Wildman–Crippen MR) is 92.5 cm³/mol. The number of anilines is 1. The molecule has 0 N–H and O–H groups in total. The van der Waals surface area contributed by atoms with Gasteiger partial charge in [-0.2, -0.15) is 14.3 Å². The highest BCUT2D eigenvalue weighted by Gasteiger charge is 2.31. The highest BCUT2D eigenvalue weighted by molar-refractivity contribution is 7.89. The van der Waals surface area contributed by atoms with Crippen LogP contribution in [0.3, 0.4) is 0 Å².